The van der Waals surface area contributed by atoms with E-state index >= 15 is 0 Å². The number of rotatable bonds is 3. The second-order valence-electron chi connectivity index (χ2n) is 4.28. The van der Waals surface area contributed by atoms with Crippen LogP contribution >= 0.6 is 12.2 Å². The van der Waals surface area contributed by atoms with Gasteiger partial charge in [-0.25, -0.2) is 13.2 Å². The number of benzene rings is 2. The fourth-order valence-electron chi connectivity index (χ4n) is 1.77. The maximum atomic E-state index is 13.6. The monoisotopic (exact) mass is 296 g/mol. The Bertz CT molecular complexity index is 663. The zero-order valence-corrected chi connectivity index (χ0v) is 11.3. The van der Waals surface area contributed by atoms with Crippen LogP contribution in [0.3, 0.4) is 0 Å². The Balaban J connectivity index is 2.48. The molecular weight excluding hydrogens is 285 g/mol. The van der Waals surface area contributed by atoms with Gasteiger partial charge in [0.15, 0.2) is 11.6 Å². The first-order valence-electron chi connectivity index (χ1n) is 5.70. The number of anilines is 2. The predicted octanol–water partition coefficient (Wildman–Crippen LogP) is 3.79. The Hall–Kier alpha value is -2.08. The largest absolute Gasteiger partial charge is 0.389 e. The lowest BCUT2D eigenvalue weighted by Gasteiger charge is -2.13. The number of halogens is 3. The van der Waals surface area contributed by atoms with Crippen LogP contribution in [0.15, 0.2) is 30.3 Å². The molecule has 0 aromatic heterocycles. The summed E-state index contributed by atoms with van der Waals surface area (Å²) in [6, 6.07) is 6.24. The van der Waals surface area contributed by atoms with Gasteiger partial charge in [-0.1, -0.05) is 23.8 Å². The van der Waals surface area contributed by atoms with E-state index in [2.05, 4.69) is 5.32 Å². The number of hydrogen-bond acceptors (Lipinski definition) is 2. The lowest BCUT2D eigenvalue weighted by atomic mass is 10.1. The van der Waals surface area contributed by atoms with Gasteiger partial charge in [-0.15, -0.1) is 0 Å². The summed E-state index contributed by atoms with van der Waals surface area (Å²) < 4.78 is 40.1. The summed E-state index contributed by atoms with van der Waals surface area (Å²) in [5.41, 5.74) is 6.85. The van der Waals surface area contributed by atoms with Crippen molar-refractivity contribution in [1.29, 1.82) is 0 Å². The molecule has 2 aromatic carbocycles. The predicted molar refractivity (Wildman–Crippen MR) is 76.7 cm³/mol. The lowest BCUT2D eigenvalue weighted by Crippen LogP contribution is -2.13. The van der Waals surface area contributed by atoms with Crippen molar-refractivity contribution in [1.82, 2.24) is 0 Å². The molecule has 0 bridgehead atoms. The Morgan fingerprint density at radius 3 is 2.25 bits per heavy atom. The van der Waals surface area contributed by atoms with Crippen LogP contribution in [0, 0.1) is 24.4 Å². The number of thiocarbonyl (C=S) groups is 1. The van der Waals surface area contributed by atoms with Gasteiger partial charge < -0.3 is 11.1 Å². The number of nitrogens with two attached hydrogens (primary N) is 1. The van der Waals surface area contributed by atoms with E-state index in [0.29, 0.717) is 23.4 Å². The second-order valence-corrected chi connectivity index (χ2v) is 4.72. The fourth-order valence-corrected chi connectivity index (χ4v) is 1.94. The van der Waals surface area contributed by atoms with Gasteiger partial charge in [0.25, 0.3) is 0 Å². The summed E-state index contributed by atoms with van der Waals surface area (Å²) in [6.07, 6.45) is 0. The van der Waals surface area contributed by atoms with E-state index in [9.17, 15) is 13.2 Å². The molecular formula is C14H11F3N2S. The Labute approximate surface area is 119 Å². The zero-order chi connectivity index (χ0) is 14.9. The third-order valence-electron chi connectivity index (χ3n) is 2.71. The molecule has 3 N–H and O–H groups in total. The van der Waals surface area contributed by atoms with E-state index in [1.54, 1.807) is 18.2 Å². The van der Waals surface area contributed by atoms with E-state index in [1.165, 1.54) is 0 Å². The second kappa shape index (κ2) is 5.50. The van der Waals surface area contributed by atoms with Gasteiger partial charge >= 0.3 is 0 Å². The molecule has 0 unspecified atom stereocenters. The van der Waals surface area contributed by atoms with Crippen molar-refractivity contribution >= 4 is 28.6 Å². The van der Waals surface area contributed by atoms with Crippen molar-refractivity contribution in [3.05, 3.63) is 58.9 Å². The molecule has 0 saturated carbocycles. The quantitative estimate of drug-likeness (QED) is 0.846. The highest BCUT2D eigenvalue weighted by Crippen LogP contribution is 2.27. The lowest BCUT2D eigenvalue weighted by molar-refractivity contribution is 0.549. The molecule has 6 heteroatoms. The van der Waals surface area contributed by atoms with Crippen LogP contribution in [0.1, 0.15) is 11.1 Å². The summed E-state index contributed by atoms with van der Waals surface area (Å²) in [5, 5.41) is 2.56. The van der Waals surface area contributed by atoms with Crippen LogP contribution in [0.2, 0.25) is 0 Å². The highest BCUT2D eigenvalue weighted by Gasteiger charge is 2.14. The molecule has 0 saturated heterocycles. The topological polar surface area (TPSA) is 38.0 Å². The number of nitrogens with one attached hydrogen (secondary N) is 1. The highest BCUT2D eigenvalue weighted by atomic mass is 32.1. The molecule has 0 aliphatic rings. The minimum Gasteiger partial charge on any atom is -0.389 e. The Kier molecular flexibility index (Phi) is 3.94. The summed E-state index contributed by atoms with van der Waals surface area (Å²) in [4.78, 5) is 0.0964. The summed E-state index contributed by atoms with van der Waals surface area (Å²) in [7, 11) is 0. The smallest absolute Gasteiger partial charge is 0.152 e. The standard InChI is InChI=1S/C14H11F3N2S/c1-7-2-3-12(9(4-7)14(18)20)19-13-10(16)5-8(15)6-11(13)17/h2-6,19H,1H3,(H2,18,20). The molecule has 2 aromatic rings. The molecule has 0 heterocycles. The third-order valence-corrected chi connectivity index (χ3v) is 2.93. The average Bonchev–Trinajstić information content (AvgIpc) is 2.34. The van der Waals surface area contributed by atoms with Crippen LogP contribution in [-0.4, -0.2) is 4.99 Å². The molecule has 0 aliphatic heterocycles. The Morgan fingerprint density at radius 1 is 1.10 bits per heavy atom. The molecule has 0 amide bonds. The van der Waals surface area contributed by atoms with Gasteiger partial charge in [0.1, 0.15) is 16.5 Å². The van der Waals surface area contributed by atoms with Crippen molar-refractivity contribution in [3.63, 3.8) is 0 Å². The zero-order valence-electron chi connectivity index (χ0n) is 10.5. The minimum atomic E-state index is -1.03. The third kappa shape index (κ3) is 2.91. The summed E-state index contributed by atoms with van der Waals surface area (Å²) in [6.45, 7) is 1.84. The molecule has 0 radical (unpaired) electrons. The average molecular weight is 296 g/mol. The van der Waals surface area contributed by atoms with E-state index in [0.717, 1.165) is 5.56 Å². The summed E-state index contributed by atoms with van der Waals surface area (Å²) in [5.74, 6) is -3.04. The minimum absolute atomic E-state index is 0.0964. The molecule has 0 spiro atoms. The molecule has 2 nitrogen and oxygen atoms in total. The van der Waals surface area contributed by atoms with Crippen molar-refractivity contribution in [2.24, 2.45) is 5.73 Å². The van der Waals surface area contributed by atoms with E-state index in [4.69, 9.17) is 18.0 Å². The van der Waals surface area contributed by atoms with Crippen molar-refractivity contribution in [2.75, 3.05) is 5.32 Å². The van der Waals surface area contributed by atoms with E-state index in [1.807, 2.05) is 6.92 Å². The van der Waals surface area contributed by atoms with Crippen molar-refractivity contribution in [2.45, 2.75) is 6.92 Å². The Morgan fingerprint density at radius 2 is 1.70 bits per heavy atom. The van der Waals surface area contributed by atoms with Gasteiger partial charge in [0.2, 0.25) is 0 Å². The highest BCUT2D eigenvalue weighted by molar-refractivity contribution is 7.80. The molecule has 0 aliphatic carbocycles. The molecule has 104 valence electrons. The van der Waals surface area contributed by atoms with Crippen LogP contribution in [-0.2, 0) is 0 Å². The maximum absolute atomic E-state index is 13.6. The molecule has 2 rings (SSSR count). The van der Waals surface area contributed by atoms with Crippen molar-refractivity contribution in [3.8, 4) is 0 Å². The maximum Gasteiger partial charge on any atom is 0.152 e. The van der Waals surface area contributed by atoms with Crippen LogP contribution in [0.25, 0.3) is 0 Å². The normalized spacial score (nSPS) is 10.4. The van der Waals surface area contributed by atoms with Crippen LogP contribution < -0.4 is 11.1 Å². The van der Waals surface area contributed by atoms with Gasteiger partial charge in [-0.2, -0.15) is 0 Å². The van der Waals surface area contributed by atoms with E-state index in [-0.39, 0.29) is 4.99 Å². The number of aryl methyl sites for hydroxylation is 1. The molecule has 0 atom stereocenters. The number of hydrogen-bond donors (Lipinski definition) is 2. The van der Waals surface area contributed by atoms with Gasteiger partial charge in [0, 0.05) is 23.4 Å². The van der Waals surface area contributed by atoms with Crippen molar-refractivity contribution < 1.29 is 13.2 Å². The molecule has 0 fully saturated rings. The van der Waals surface area contributed by atoms with Gasteiger partial charge in [0.05, 0.1) is 0 Å². The fraction of sp³-hybridized carbons (Fsp3) is 0.0714. The van der Waals surface area contributed by atoms with E-state index < -0.39 is 23.1 Å². The first-order valence-corrected chi connectivity index (χ1v) is 6.11. The first-order chi connectivity index (χ1) is 9.38. The summed E-state index contributed by atoms with van der Waals surface area (Å²) >= 11 is 4.90. The van der Waals surface area contributed by atoms with Gasteiger partial charge in [-0.3, -0.25) is 0 Å². The molecule has 20 heavy (non-hydrogen) atoms. The van der Waals surface area contributed by atoms with Gasteiger partial charge in [-0.05, 0) is 19.1 Å². The van der Waals surface area contributed by atoms with Crippen LogP contribution in [0.5, 0.6) is 0 Å². The van der Waals surface area contributed by atoms with Crippen LogP contribution in [0.4, 0.5) is 24.5 Å². The SMILES string of the molecule is Cc1ccc(Nc2c(F)cc(F)cc2F)c(C(N)=S)c1. The first kappa shape index (κ1) is 14.3.